The van der Waals surface area contributed by atoms with Gasteiger partial charge in [0.05, 0.1) is 11.7 Å². The lowest BCUT2D eigenvalue weighted by molar-refractivity contribution is -0.0251. The Morgan fingerprint density at radius 3 is 3.18 bits per heavy atom. The van der Waals surface area contributed by atoms with Crippen molar-refractivity contribution >= 4 is 5.91 Å². The molecule has 1 aliphatic heterocycles. The van der Waals surface area contributed by atoms with Crippen LogP contribution in [-0.2, 0) is 4.74 Å². The van der Waals surface area contributed by atoms with Crippen LogP contribution < -0.4 is 5.32 Å². The Morgan fingerprint density at radius 1 is 1.76 bits per heavy atom. The van der Waals surface area contributed by atoms with E-state index in [4.69, 9.17) is 4.74 Å². The molecule has 17 heavy (non-hydrogen) atoms. The molecule has 5 heteroatoms. The Labute approximate surface area is 99.8 Å². The molecule has 0 aliphatic carbocycles. The van der Waals surface area contributed by atoms with E-state index in [9.17, 15) is 9.90 Å². The average molecular weight is 236 g/mol. The molecule has 1 aromatic heterocycles. The summed E-state index contributed by atoms with van der Waals surface area (Å²) in [5, 5.41) is 12.9. The SMILES string of the molecule is CC1OCCC1(O)CNC(=O)c1cccnc1. The molecule has 0 aromatic carbocycles. The quantitative estimate of drug-likeness (QED) is 0.794. The Kier molecular flexibility index (Phi) is 3.40. The number of nitrogens with zero attached hydrogens (tertiary/aromatic N) is 1. The Balaban J connectivity index is 1.93. The summed E-state index contributed by atoms with van der Waals surface area (Å²) in [6.45, 7) is 2.53. The van der Waals surface area contributed by atoms with Gasteiger partial charge in [0.25, 0.3) is 5.91 Å². The summed E-state index contributed by atoms with van der Waals surface area (Å²) in [6.07, 6.45) is 3.39. The molecule has 2 N–H and O–H groups in total. The minimum atomic E-state index is -0.960. The smallest absolute Gasteiger partial charge is 0.252 e. The van der Waals surface area contributed by atoms with Crippen molar-refractivity contribution in [2.24, 2.45) is 0 Å². The number of carbonyl (C=O) groups excluding carboxylic acids is 1. The van der Waals surface area contributed by atoms with Crippen LogP contribution in [0, 0.1) is 0 Å². The normalized spacial score (nSPS) is 28.0. The molecule has 2 rings (SSSR count). The van der Waals surface area contributed by atoms with E-state index in [2.05, 4.69) is 10.3 Å². The first-order valence-corrected chi connectivity index (χ1v) is 5.64. The fourth-order valence-corrected chi connectivity index (χ4v) is 1.84. The molecule has 0 saturated carbocycles. The zero-order valence-corrected chi connectivity index (χ0v) is 9.72. The first-order chi connectivity index (χ1) is 8.12. The molecule has 2 unspecified atom stereocenters. The van der Waals surface area contributed by atoms with Crippen molar-refractivity contribution in [1.29, 1.82) is 0 Å². The molecule has 2 atom stereocenters. The number of aromatic nitrogens is 1. The van der Waals surface area contributed by atoms with E-state index in [1.807, 2.05) is 6.92 Å². The highest BCUT2D eigenvalue weighted by Gasteiger charge is 2.39. The predicted octanol–water partition coefficient (Wildman–Crippen LogP) is 0.351. The molecule has 5 nitrogen and oxygen atoms in total. The maximum atomic E-state index is 11.7. The minimum absolute atomic E-state index is 0.196. The van der Waals surface area contributed by atoms with Crippen LogP contribution in [0.1, 0.15) is 23.7 Å². The van der Waals surface area contributed by atoms with Crippen molar-refractivity contribution in [3.63, 3.8) is 0 Å². The molecule has 1 saturated heterocycles. The highest BCUT2D eigenvalue weighted by molar-refractivity contribution is 5.93. The molecule has 0 bridgehead atoms. The van der Waals surface area contributed by atoms with Crippen LogP contribution in [0.5, 0.6) is 0 Å². The molecule has 2 heterocycles. The van der Waals surface area contributed by atoms with Gasteiger partial charge < -0.3 is 15.2 Å². The van der Waals surface area contributed by atoms with Gasteiger partial charge in [-0.25, -0.2) is 0 Å². The summed E-state index contributed by atoms with van der Waals surface area (Å²) in [6, 6.07) is 3.38. The van der Waals surface area contributed by atoms with Crippen molar-refractivity contribution in [1.82, 2.24) is 10.3 Å². The monoisotopic (exact) mass is 236 g/mol. The van der Waals surface area contributed by atoms with Crippen LogP contribution in [-0.4, -0.2) is 40.9 Å². The second-order valence-electron chi connectivity index (χ2n) is 4.29. The van der Waals surface area contributed by atoms with Crippen molar-refractivity contribution in [3.05, 3.63) is 30.1 Å². The summed E-state index contributed by atoms with van der Waals surface area (Å²) in [5.74, 6) is -0.231. The molecule has 1 amide bonds. The van der Waals surface area contributed by atoms with Crippen LogP contribution in [0.3, 0.4) is 0 Å². The number of ether oxygens (including phenoxy) is 1. The third-order valence-electron chi connectivity index (χ3n) is 3.14. The maximum Gasteiger partial charge on any atom is 0.252 e. The molecule has 1 aliphatic rings. The van der Waals surface area contributed by atoms with Crippen LogP contribution >= 0.6 is 0 Å². The van der Waals surface area contributed by atoms with Gasteiger partial charge in [0.1, 0.15) is 5.60 Å². The van der Waals surface area contributed by atoms with Gasteiger partial charge in [-0.1, -0.05) is 0 Å². The lowest BCUT2D eigenvalue weighted by Crippen LogP contribution is -2.47. The van der Waals surface area contributed by atoms with Crippen LogP contribution in [0.25, 0.3) is 0 Å². The topological polar surface area (TPSA) is 71.5 Å². The van der Waals surface area contributed by atoms with Gasteiger partial charge >= 0.3 is 0 Å². The third kappa shape index (κ3) is 2.62. The third-order valence-corrected chi connectivity index (χ3v) is 3.14. The van der Waals surface area contributed by atoms with Gasteiger partial charge in [-0.05, 0) is 19.1 Å². The number of aliphatic hydroxyl groups is 1. The highest BCUT2D eigenvalue weighted by Crippen LogP contribution is 2.24. The van der Waals surface area contributed by atoms with Crippen LogP contribution in [0.4, 0.5) is 0 Å². The average Bonchev–Trinajstić information content (AvgIpc) is 2.68. The number of pyridine rings is 1. The Bertz CT molecular complexity index is 396. The molecule has 0 radical (unpaired) electrons. The van der Waals surface area contributed by atoms with Gasteiger partial charge in [-0.15, -0.1) is 0 Å². The van der Waals surface area contributed by atoms with Crippen molar-refractivity contribution < 1.29 is 14.6 Å². The molecular formula is C12H16N2O3. The van der Waals surface area contributed by atoms with Crippen molar-refractivity contribution in [2.75, 3.05) is 13.2 Å². The van der Waals surface area contributed by atoms with Gasteiger partial charge in [0, 0.05) is 32.0 Å². The number of hydrogen-bond acceptors (Lipinski definition) is 4. The number of nitrogens with one attached hydrogen (secondary N) is 1. The van der Waals surface area contributed by atoms with E-state index in [1.165, 1.54) is 6.20 Å². The van der Waals surface area contributed by atoms with E-state index in [0.29, 0.717) is 18.6 Å². The molecule has 1 fully saturated rings. The molecule has 92 valence electrons. The van der Waals surface area contributed by atoms with Crippen molar-refractivity contribution in [3.8, 4) is 0 Å². The predicted molar refractivity (Wildman–Crippen MR) is 61.6 cm³/mol. The first kappa shape index (κ1) is 12.0. The van der Waals surface area contributed by atoms with E-state index in [-0.39, 0.29) is 18.6 Å². The molecular weight excluding hydrogens is 220 g/mol. The lowest BCUT2D eigenvalue weighted by atomic mass is 9.96. The number of hydrogen-bond donors (Lipinski definition) is 2. The minimum Gasteiger partial charge on any atom is -0.385 e. The van der Waals surface area contributed by atoms with Gasteiger partial charge in [0.2, 0.25) is 0 Å². The van der Waals surface area contributed by atoms with Crippen LogP contribution in [0.2, 0.25) is 0 Å². The number of amides is 1. The lowest BCUT2D eigenvalue weighted by Gasteiger charge is -2.26. The van der Waals surface area contributed by atoms with Gasteiger partial charge in [-0.2, -0.15) is 0 Å². The second kappa shape index (κ2) is 4.81. The zero-order valence-electron chi connectivity index (χ0n) is 9.72. The molecule has 0 spiro atoms. The van der Waals surface area contributed by atoms with E-state index in [0.717, 1.165) is 0 Å². The summed E-state index contributed by atoms with van der Waals surface area (Å²) >= 11 is 0. The summed E-state index contributed by atoms with van der Waals surface area (Å²) in [5.41, 5.74) is -0.472. The summed E-state index contributed by atoms with van der Waals surface area (Å²) < 4.78 is 5.29. The fourth-order valence-electron chi connectivity index (χ4n) is 1.84. The van der Waals surface area contributed by atoms with E-state index >= 15 is 0 Å². The van der Waals surface area contributed by atoms with E-state index < -0.39 is 5.60 Å². The van der Waals surface area contributed by atoms with Crippen molar-refractivity contribution in [2.45, 2.75) is 25.0 Å². The van der Waals surface area contributed by atoms with Crippen LogP contribution in [0.15, 0.2) is 24.5 Å². The van der Waals surface area contributed by atoms with E-state index in [1.54, 1.807) is 18.3 Å². The molecule has 1 aromatic rings. The zero-order chi connectivity index (χ0) is 12.3. The standard InChI is InChI=1S/C12H16N2O3/c1-9-12(16,4-6-17-9)8-14-11(15)10-3-2-5-13-7-10/h2-3,5,7,9,16H,4,6,8H2,1H3,(H,14,15). The second-order valence-corrected chi connectivity index (χ2v) is 4.29. The summed E-state index contributed by atoms with van der Waals surface area (Å²) in [7, 11) is 0. The largest absolute Gasteiger partial charge is 0.385 e. The maximum absolute atomic E-state index is 11.7. The van der Waals surface area contributed by atoms with Gasteiger partial charge in [0.15, 0.2) is 0 Å². The Hall–Kier alpha value is -1.46. The summed E-state index contributed by atoms with van der Waals surface area (Å²) in [4.78, 5) is 15.6. The fraction of sp³-hybridized carbons (Fsp3) is 0.500. The first-order valence-electron chi connectivity index (χ1n) is 5.64. The number of rotatable bonds is 3. The number of carbonyl (C=O) groups is 1. The Morgan fingerprint density at radius 2 is 2.59 bits per heavy atom. The van der Waals surface area contributed by atoms with Gasteiger partial charge in [-0.3, -0.25) is 9.78 Å². The highest BCUT2D eigenvalue weighted by atomic mass is 16.5.